The van der Waals surface area contributed by atoms with Crippen molar-refractivity contribution >= 4 is 11.9 Å². The van der Waals surface area contributed by atoms with Gasteiger partial charge in [0.25, 0.3) is 5.91 Å². The summed E-state index contributed by atoms with van der Waals surface area (Å²) in [6.45, 7) is 3.41. The summed E-state index contributed by atoms with van der Waals surface area (Å²) in [5.74, 6) is -1.36. The summed E-state index contributed by atoms with van der Waals surface area (Å²) < 4.78 is 1.76. The Morgan fingerprint density at radius 1 is 1.24 bits per heavy atom. The van der Waals surface area contributed by atoms with Gasteiger partial charge in [0, 0.05) is 24.5 Å². The Morgan fingerprint density at radius 3 is 2.33 bits per heavy atom. The van der Waals surface area contributed by atoms with E-state index in [1.54, 1.807) is 35.1 Å². The quantitative estimate of drug-likeness (QED) is 0.929. The Kier molecular flexibility index (Phi) is 4.07. The van der Waals surface area contributed by atoms with E-state index in [0.717, 1.165) is 11.4 Å². The van der Waals surface area contributed by atoms with Gasteiger partial charge >= 0.3 is 5.97 Å². The minimum absolute atomic E-state index is 0.325. The number of aliphatic carboxylic acids is 1. The topological polar surface area (TPSA) is 75.4 Å². The van der Waals surface area contributed by atoms with Crippen molar-refractivity contribution in [2.75, 3.05) is 7.05 Å². The van der Waals surface area contributed by atoms with E-state index in [1.807, 2.05) is 13.0 Å². The molecule has 2 aromatic rings. The van der Waals surface area contributed by atoms with Gasteiger partial charge in [0.1, 0.15) is 6.04 Å². The lowest BCUT2D eigenvalue weighted by Crippen LogP contribution is -2.40. The van der Waals surface area contributed by atoms with Crippen LogP contribution in [-0.4, -0.2) is 44.8 Å². The summed E-state index contributed by atoms with van der Waals surface area (Å²) in [6.07, 6.45) is 1.71. The molecule has 0 bridgehead atoms. The molecule has 1 unspecified atom stereocenters. The fourth-order valence-corrected chi connectivity index (χ4v) is 1.93. The number of carbonyl (C=O) groups excluding carboxylic acids is 1. The highest BCUT2D eigenvalue weighted by Crippen LogP contribution is 2.13. The highest BCUT2D eigenvalue weighted by Gasteiger charge is 2.22. The molecule has 1 amide bonds. The highest BCUT2D eigenvalue weighted by molar-refractivity contribution is 5.96. The molecule has 0 aliphatic heterocycles. The Bertz CT molecular complexity index is 661. The predicted octanol–water partition coefficient (Wildman–Crippen LogP) is 1.73. The van der Waals surface area contributed by atoms with Gasteiger partial charge in [-0.3, -0.25) is 4.79 Å². The standard InChI is InChI=1S/C15H17N3O3/c1-10-8-9-16-18(10)13-6-4-12(5-7-13)14(19)17(3)11(2)15(20)21/h4-9,11H,1-3H3,(H,20,21). The summed E-state index contributed by atoms with van der Waals surface area (Å²) in [5, 5.41) is 13.1. The van der Waals surface area contributed by atoms with E-state index in [0.29, 0.717) is 5.56 Å². The SMILES string of the molecule is Cc1ccnn1-c1ccc(C(=O)N(C)C(C)C(=O)O)cc1. The average Bonchev–Trinajstić information content (AvgIpc) is 2.91. The molecule has 1 aromatic heterocycles. The van der Waals surface area contributed by atoms with Crippen LogP contribution < -0.4 is 0 Å². The predicted molar refractivity (Wildman–Crippen MR) is 77.5 cm³/mol. The van der Waals surface area contributed by atoms with Crippen molar-refractivity contribution in [2.24, 2.45) is 0 Å². The molecule has 1 N–H and O–H groups in total. The molecule has 0 fully saturated rings. The molecule has 1 heterocycles. The Labute approximate surface area is 122 Å². The summed E-state index contributed by atoms with van der Waals surface area (Å²) in [5.41, 5.74) is 2.29. The Morgan fingerprint density at radius 2 is 1.86 bits per heavy atom. The Hall–Kier alpha value is -2.63. The van der Waals surface area contributed by atoms with Gasteiger partial charge in [-0.05, 0) is 44.2 Å². The van der Waals surface area contributed by atoms with Crippen molar-refractivity contribution in [3.8, 4) is 5.69 Å². The third-order valence-electron chi connectivity index (χ3n) is 3.45. The van der Waals surface area contributed by atoms with Gasteiger partial charge in [0.05, 0.1) is 5.69 Å². The van der Waals surface area contributed by atoms with Crippen LogP contribution in [-0.2, 0) is 4.79 Å². The van der Waals surface area contributed by atoms with Crippen LogP contribution in [0.1, 0.15) is 23.0 Å². The van der Waals surface area contributed by atoms with Crippen molar-refractivity contribution in [2.45, 2.75) is 19.9 Å². The molecule has 110 valence electrons. The largest absolute Gasteiger partial charge is 0.480 e. The average molecular weight is 287 g/mol. The first kappa shape index (κ1) is 14.8. The first-order valence-corrected chi connectivity index (χ1v) is 6.53. The molecule has 0 aliphatic carbocycles. The summed E-state index contributed by atoms with van der Waals surface area (Å²) in [4.78, 5) is 24.3. The number of carbonyl (C=O) groups is 2. The molecular formula is C15H17N3O3. The van der Waals surface area contributed by atoms with Crippen molar-refractivity contribution in [3.63, 3.8) is 0 Å². The van der Waals surface area contributed by atoms with Gasteiger partial charge in [-0.2, -0.15) is 5.10 Å². The summed E-state index contributed by atoms with van der Waals surface area (Å²) in [6, 6.07) is 7.93. The van der Waals surface area contributed by atoms with E-state index in [-0.39, 0.29) is 5.91 Å². The fourth-order valence-electron chi connectivity index (χ4n) is 1.93. The van der Waals surface area contributed by atoms with Gasteiger partial charge in [-0.25, -0.2) is 9.48 Å². The highest BCUT2D eigenvalue weighted by atomic mass is 16.4. The zero-order valence-corrected chi connectivity index (χ0v) is 12.1. The minimum atomic E-state index is -1.03. The number of benzene rings is 1. The van der Waals surface area contributed by atoms with Crippen molar-refractivity contribution in [1.29, 1.82) is 0 Å². The Balaban J connectivity index is 2.21. The van der Waals surface area contributed by atoms with E-state index in [2.05, 4.69) is 5.10 Å². The summed E-state index contributed by atoms with van der Waals surface area (Å²) >= 11 is 0. The lowest BCUT2D eigenvalue weighted by Gasteiger charge is -2.21. The number of likely N-dealkylation sites (N-methyl/N-ethyl adjacent to an activating group) is 1. The number of nitrogens with zero attached hydrogens (tertiary/aromatic N) is 3. The molecule has 1 aromatic carbocycles. The lowest BCUT2D eigenvalue weighted by atomic mass is 10.1. The number of carboxylic acids is 1. The second-order valence-corrected chi connectivity index (χ2v) is 4.86. The molecule has 1 atom stereocenters. The van der Waals surface area contributed by atoms with Gasteiger partial charge in [-0.15, -0.1) is 0 Å². The van der Waals surface area contributed by atoms with Crippen LogP contribution in [0.15, 0.2) is 36.5 Å². The third kappa shape index (κ3) is 2.94. The first-order valence-electron chi connectivity index (χ1n) is 6.53. The van der Waals surface area contributed by atoms with E-state index in [9.17, 15) is 9.59 Å². The molecule has 6 nitrogen and oxygen atoms in total. The number of amides is 1. The smallest absolute Gasteiger partial charge is 0.326 e. The zero-order valence-electron chi connectivity index (χ0n) is 12.1. The zero-order chi connectivity index (χ0) is 15.6. The fraction of sp³-hybridized carbons (Fsp3) is 0.267. The normalized spacial score (nSPS) is 12.0. The molecule has 21 heavy (non-hydrogen) atoms. The number of carboxylic acid groups (broad SMARTS) is 1. The maximum atomic E-state index is 12.2. The lowest BCUT2D eigenvalue weighted by molar-refractivity contribution is -0.141. The van der Waals surface area contributed by atoms with Crippen LogP contribution >= 0.6 is 0 Å². The molecule has 0 saturated carbocycles. The molecule has 0 spiro atoms. The van der Waals surface area contributed by atoms with Crippen molar-refractivity contribution in [3.05, 3.63) is 47.8 Å². The molecule has 2 rings (SSSR count). The van der Waals surface area contributed by atoms with Gasteiger partial charge in [0.2, 0.25) is 0 Å². The van der Waals surface area contributed by atoms with Crippen LogP contribution in [0.3, 0.4) is 0 Å². The molecule has 0 aliphatic rings. The third-order valence-corrected chi connectivity index (χ3v) is 3.45. The maximum absolute atomic E-state index is 12.2. The molecular weight excluding hydrogens is 270 g/mol. The summed E-state index contributed by atoms with van der Waals surface area (Å²) in [7, 11) is 1.48. The van der Waals surface area contributed by atoms with E-state index >= 15 is 0 Å². The minimum Gasteiger partial charge on any atom is -0.480 e. The van der Waals surface area contributed by atoms with Crippen LogP contribution in [0.4, 0.5) is 0 Å². The van der Waals surface area contributed by atoms with Crippen LogP contribution in [0.25, 0.3) is 5.69 Å². The molecule has 6 heteroatoms. The number of aryl methyl sites for hydroxylation is 1. The number of hydrogen-bond acceptors (Lipinski definition) is 3. The maximum Gasteiger partial charge on any atom is 0.326 e. The number of rotatable bonds is 4. The second kappa shape index (κ2) is 5.78. The van der Waals surface area contributed by atoms with Crippen LogP contribution in [0.5, 0.6) is 0 Å². The van der Waals surface area contributed by atoms with Crippen LogP contribution in [0, 0.1) is 6.92 Å². The molecule has 0 saturated heterocycles. The van der Waals surface area contributed by atoms with Gasteiger partial charge in [-0.1, -0.05) is 0 Å². The van der Waals surface area contributed by atoms with Crippen LogP contribution in [0.2, 0.25) is 0 Å². The van der Waals surface area contributed by atoms with Gasteiger partial charge < -0.3 is 10.0 Å². The monoisotopic (exact) mass is 287 g/mol. The van der Waals surface area contributed by atoms with E-state index < -0.39 is 12.0 Å². The number of hydrogen-bond donors (Lipinski definition) is 1. The van der Waals surface area contributed by atoms with Crippen molar-refractivity contribution < 1.29 is 14.7 Å². The van der Waals surface area contributed by atoms with Gasteiger partial charge in [0.15, 0.2) is 0 Å². The van der Waals surface area contributed by atoms with E-state index in [1.165, 1.54) is 18.9 Å². The van der Waals surface area contributed by atoms with Crippen molar-refractivity contribution in [1.82, 2.24) is 14.7 Å². The molecule has 0 radical (unpaired) electrons. The second-order valence-electron chi connectivity index (χ2n) is 4.86. The first-order chi connectivity index (χ1) is 9.91. The number of aromatic nitrogens is 2. The van der Waals surface area contributed by atoms with E-state index in [4.69, 9.17) is 5.11 Å².